The van der Waals surface area contributed by atoms with Gasteiger partial charge in [0.1, 0.15) is 12.1 Å². The molecule has 4 rings (SSSR count). The van der Waals surface area contributed by atoms with Crippen molar-refractivity contribution in [3.05, 3.63) is 59.7 Å². The van der Waals surface area contributed by atoms with Crippen LogP contribution in [0, 0.1) is 0 Å². The molecule has 298 valence electrons. The molecule has 2 aliphatic heterocycles. The number of amides is 6. The number of benzene rings is 2. The van der Waals surface area contributed by atoms with Crippen LogP contribution in [0.25, 0.3) is 11.1 Å². The molecule has 2 fully saturated rings. The van der Waals surface area contributed by atoms with Gasteiger partial charge in [-0.15, -0.1) is 0 Å². The van der Waals surface area contributed by atoms with E-state index in [1.54, 1.807) is 9.80 Å². The topological polar surface area (TPSA) is 133 Å². The molecule has 0 aromatic heterocycles. The summed E-state index contributed by atoms with van der Waals surface area (Å²) in [4.78, 5) is 60.5. The van der Waals surface area contributed by atoms with Gasteiger partial charge in [-0.2, -0.15) is 0 Å². The molecule has 0 saturated carbocycles. The van der Waals surface area contributed by atoms with E-state index in [0.717, 1.165) is 86.5 Å². The number of imide groups is 2. The number of hydrogen-bond donors (Lipinski definition) is 2. The molecule has 0 radical (unpaired) electrons. The van der Waals surface area contributed by atoms with Gasteiger partial charge in [-0.1, -0.05) is 127 Å². The molecule has 0 aliphatic carbocycles. The molecule has 0 bridgehead atoms. The summed E-state index contributed by atoms with van der Waals surface area (Å²) in [6.07, 6.45) is 17.8. The van der Waals surface area contributed by atoms with Crippen LogP contribution in [0.5, 0.6) is 0 Å². The van der Waals surface area contributed by atoms with E-state index < -0.39 is 12.1 Å². The molecule has 2 aromatic carbocycles. The van der Waals surface area contributed by atoms with Crippen molar-refractivity contribution < 1.29 is 19.2 Å². The Morgan fingerprint density at radius 3 is 1.17 bits per heavy atom. The quantitative estimate of drug-likeness (QED) is 0.0696. The van der Waals surface area contributed by atoms with E-state index >= 15 is 0 Å². The van der Waals surface area contributed by atoms with E-state index in [9.17, 15) is 19.2 Å². The van der Waals surface area contributed by atoms with Crippen molar-refractivity contribution in [2.45, 2.75) is 155 Å². The first-order chi connectivity index (χ1) is 26.3. The van der Waals surface area contributed by atoms with Crippen molar-refractivity contribution in [3.8, 4) is 11.1 Å². The van der Waals surface area contributed by atoms with E-state index in [1.807, 2.05) is 24.3 Å². The number of nitrogens with two attached hydrogens (primary N) is 2. The average Bonchev–Trinajstić information content (AvgIpc) is 3.53. The highest BCUT2D eigenvalue weighted by atomic mass is 16.2. The summed E-state index contributed by atoms with van der Waals surface area (Å²) in [5.41, 5.74) is 15.5. The Kier molecular flexibility index (Phi) is 18.5. The lowest BCUT2D eigenvalue weighted by Crippen LogP contribution is -2.35. The zero-order valence-electron chi connectivity index (χ0n) is 33.3. The molecule has 6 amide bonds. The predicted octanol–water partition coefficient (Wildman–Crippen LogP) is 8.60. The van der Waals surface area contributed by atoms with Gasteiger partial charge in [0.25, 0.3) is 11.8 Å². The van der Waals surface area contributed by atoms with E-state index in [1.165, 1.54) is 48.3 Å². The van der Waals surface area contributed by atoms with Crippen LogP contribution in [0.3, 0.4) is 0 Å². The van der Waals surface area contributed by atoms with E-state index in [0.29, 0.717) is 52.1 Å². The first-order valence-electron chi connectivity index (χ1n) is 21.2. The van der Waals surface area contributed by atoms with Crippen molar-refractivity contribution >= 4 is 23.9 Å². The fourth-order valence-corrected chi connectivity index (χ4v) is 7.78. The summed E-state index contributed by atoms with van der Waals surface area (Å²) in [6, 6.07) is 15.1. The molecular formula is C44H68N6O4. The van der Waals surface area contributed by atoms with Gasteiger partial charge in [0, 0.05) is 26.2 Å². The largest absolute Gasteiger partial charge is 0.330 e. The van der Waals surface area contributed by atoms with Crippen LogP contribution in [0.15, 0.2) is 48.5 Å². The van der Waals surface area contributed by atoms with Gasteiger partial charge in [-0.3, -0.25) is 19.4 Å². The summed E-state index contributed by atoms with van der Waals surface area (Å²) in [5, 5.41) is 0. The van der Waals surface area contributed by atoms with Gasteiger partial charge >= 0.3 is 12.1 Å². The van der Waals surface area contributed by atoms with Gasteiger partial charge in [0.05, 0.1) is 0 Å². The summed E-state index contributed by atoms with van der Waals surface area (Å²) in [5.74, 6) is -0.149. The lowest BCUT2D eigenvalue weighted by molar-refractivity contribution is -0.129. The van der Waals surface area contributed by atoms with E-state index in [2.05, 4.69) is 38.1 Å². The molecule has 0 unspecified atom stereocenters. The predicted molar refractivity (Wildman–Crippen MR) is 217 cm³/mol. The van der Waals surface area contributed by atoms with Crippen LogP contribution in [0.1, 0.15) is 141 Å². The monoisotopic (exact) mass is 745 g/mol. The number of urea groups is 2. The Bertz CT molecular complexity index is 1340. The SMILES string of the molecule is CCCCCCCCN1C(=O)[C@H](CCCCN)N(Cc2ccc(-c3ccc(CN4C(=O)N(CCCCCCCC)C(=O)[C@@H]4CCCCN)cc3)cc2)C1=O. The molecule has 2 aromatic rings. The number of rotatable bonds is 27. The standard InChI is InChI=1S/C44H68N6O4/c1-3-5-7-9-11-17-31-47-41(51)39(19-13-15-29-45)49(43(47)53)33-35-21-25-37(26-22-35)38-27-23-36(24-28-38)34-50-40(20-14-16-30-46)42(52)48(44(50)54)32-18-12-10-8-6-4-2/h21-28,39-40H,3-20,29-34,45-46H2,1-2H3/t39-,40-/m0/s1. The highest BCUT2D eigenvalue weighted by Gasteiger charge is 2.45. The molecular weight excluding hydrogens is 677 g/mol. The highest BCUT2D eigenvalue weighted by Crippen LogP contribution is 2.29. The van der Waals surface area contributed by atoms with Gasteiger partial charge in [-0.25, -0.2) is 9.59 Å². The Balaban J connectivity index is 1.37. The third kappa shape index (κ3) is 12.1. The number of hydrogen-bond acceptors (Lipinski definition) is 6. The minimum atomic E-state index is -0.447. The van der Waals surface area contributed by atoms with Crippen molar-refractivity contribution in [1.82, 2.24) is 19.6 Å². The molecule has 2 saturated heterocycles. The van der Waals surface area contributed by atoms with E-state index in [-0.39, 0.29) is 23.9 Å². The third-order valence-electron chi connectivity index (χ3n) is 11.1. The second-order valence-electron chi connectivity index (χ2n) is 15.3. The smallest absolute Gasteiger partial charge is 0.327 e. The number of unbranched alkanes of at least 4 members (excludes halogenated alkanes) is 12. The van der Waals surface area contributed by atoms with Crippen LogP contribution >= 0.6 is 0 Å². The molecule has 10 nitrogen and oxygen atoms in total. The lowest BCUT2D eigenvalue weighted by atomic mass is 10.0. The number of nitrogens with zero attached hydrogens (tertiary/aromatic N) is 4. The zero-order valence-corrected chi connectivity index (χ0v) is 33.3. The van der Waals surface area contributed by atoms with Crippen LogP contribution in [0.2, 0.25) is 0 Å². The van der Waals surface area contributed by atoms with Gasteiger partial charge < -0.3 is 21.3 Å². The molecule has 10 heteroatoms. The summed E-state index contributed by atoms with van der Waals surface area (Å²) >= 11 is 0. The maximum absolute atomic E-state index is 13.6. The van der Waals surface area contributed by atoms with Crippen LogP contribution < -0.4 is 11.5 Å². The first-order valence-corrected chi connectivity index (χ1v) is 21.2. The molecule has 0 spiro atoms. The maximum atomic E-state index is 13.6. The number of carbonyl (C=O) groups is 4. The normalized spacial score (nSPS) is 17.6. The Morgan fingerprint density at radius 2 is 0.815 bits per heavy atom. The maximum Gasteiger partial charge on any atom is 0.327 e. The summed E-state index contributed by atoms with van der Waals surface area (Å²) in [6.45, 7) is 7.27. The second kappa shape index (κ2) is 23.2. The zero-order chi connectivity index (χ0) is 38.7. The summed E-state index contributed by atoms with van der Waals surface area (Å²) < 4.78 is 0. The fourth-order valence-electron chi connectivity index (χ4n) is 7.78. The molecule has 2 atom stereocenters. The first kappa shape index (κ1) is 43.0. The number of carbonyl (C=O) groups excluding carboxylic acids is 4. The van der Waals surface area contributed by atoms with Crippen molar-refractivity contribution in [1.29, 1.82) is 0 Å². The highest BCUT2D eigenvalue weighted by molar-refractivity contribution is 6.04. The van der Waals surface area contributed by atoms with Gasteiger partial charge in [0.15, 0.2) is 0 Å². The van der Waals surface area contributed by atoms with Crippen LogP contribution in [0.4, 0.5) is 9.59 Å². The van der Waals surface area contributed by atoms with Crippen LogP contribution in [-0.2, 0) is 22.7 Å². The summed E-state index contributed by atoms with van der Waals surface area (Å²) in [7, 11) is 0. The Hall–Kier alpha value is -3.76. The van der Waals surface area contributed by atoms with Crippen molar-refractivity contribution in [2.75, 3.05) is 26.2 Å². The Labute approximate surface area is 325 Å². The fraction of sp³-hybridized carbons (Fsp3) is 0.636. The molecule has 2 heterocycles. The van der Waals surface area contributed by atoms with E-state index in [4.69, 9.17) is 11.5 Å². The minimum Gasteiger partial charge on any atom is -0.330 e. The lowest BCUT2D eigenvalue weighted by Gasteiger charge is -2.22. The molecule has 4 N–H and O–H groups in total. The van der Waals surface area contributed by atoms with Gasteiger partial charge in [-0.05, 0) is 86.7 Å². The molecule has 2 aliphatic rings. The second-order valence-corrected chi connectivity index (χ2v) is 15.3. The Morgan fingerprint density at radius 1 is 0.463 bits per heavy atom. The third-order valence-corrected chi connectivity index (χ3v) is 11.1. The van der Waals surface area contributed by atoms with Gasteiger partial charge in [0.2, 0.25) is 0 Å². The minimum absolute atomic E-state index is 0.0744. The van der Waals surface area contributed by atoms with Crippen molar-refractivity contribution in [2.24, 2.45) is 11.5 Å². The van der Waals surface area contributed by atoms with Crippen LogP contribution in [-0.4, -0.2) is 81.7 Å². The average molecular weight is 745 g/mol. The van der Waals surface area contributed by atoms with Crippen molar-refractivity contribution in [3.63, 3.8) is 0 Å². The molecule has 54 heavy (non-hydrogen) atoms.